The lowest BCUT2D eigenvalue weighted by atomic mass is 10.3. The highest BCUT2D eigenvalue weighted by Crippen LogP contribution is 2.20. The molecule has 2 aromatic rings. The molecule has 0 atom stereocenters. The topological polar surface area (TPSA) is 123 Å². The van der Waals surface area contributed by atoms with Gasteiger partial charge in [0.1, 0.15) is 5.82 Å². The van der Waals surface area contributed by atoms with Gasteiger partial charge in [-0.15, -0.1) is 0 Å². The van der Waals surface area contributed by atoms with Crippen LogP contribution in [0, 0.1) is 10.1 Å². The Labute approximate surface area is 102 Å². The van der Waals surface area contributed by atoms with E-state index in [0.29, 0.717) is 12.4 Å². The van der Waals surface area contributed by atoms with Gasteiger partial charge in [0.25, 0.3) is 0 Å². The number of rotatable bonds is 5. The fourth-order valence-corrected chi connectivity index (χ4v) is 1.47. The summed E-state index contributed by atoms with van der Waals surface area (Å²) in [6, 6.07) is 2.86. The second-order valence-corrected chi connectivity index (χ2v) is 3.61. The van der Waals surface area contributed by atoms with E-state index >= 15 is 0 Å². The fraction of sp³-hybridized carbons (Fsp3) is 0.200. The quantitative estimate of drug-likeness (QED) is 0.534. The van der Waals surface area contributed by atoms with Crippen LogP contribution in [0.1, 0.15) is 5.69 Å². The van der Waals surface area contributed by atoms with Crippen LogP contribution in [0.5, 0.6) is 0 Å². The first kappa shape index (κ1) is 11.8. The molecule has 2 heterocycles. The van der Waals surface area contributed by atoms with Crippen LogP contribution >= 0.6 is 0 Å². The number of hydrogen-bond donors (Lipinski definition) is 3. The summed E-state index contributed by atoms with van der Waals surface area (Å²) in [5, 5.41) is 13.6. The van der Waals surface area contributed by atoms with Gasteiger partial charge in [-0.3, -0.25) is 10.1 Å². The van der Waals surface area contributed by atoms with Crippen molar-refractivity contribution in [2.45, 2.75) is 6.42 Å². The summed E-state index contributed by atoms with van der Waals surface area (Å²) in [7, 11) is 0. The van der Waals surface area contributed by atoms with Gasteiger partial charge in [-0.2, -0.15) is 0 Å². The molecule has 0 aliphatic heterocycles. The molecule has 8 nitrogen and oxygen atoms in total. The van der Waals surface area contributed by atoms with E-state index in [0.717, 1.165) is 12.1 Å². The van der Waals surface area contributed by atoms with Gasteiger partial charge in [-0.1, -0.05) is 0 Å². The molecule has 0 unspecified atom stereocenters. The summed E-state index contributed by atoms with van der Waals surface area (Å²) in [5.41, 5.74) is 6.29. The third-order valence-corrected chi connectivity index (χ3v) is 2.35. The Hall–Kier alpha value is -2.64. The van der Waals surface area contributed by atoms with Crippen molar-refractivity contribution >= 4 is 17.3 Å². The monoisotopic (exact) mass is 248 g/mol. The van der Waals surface area contributed by atoms with E-state index in [1.165, 1.54) is 12.1 Å². The van der Waals surface area contributed by atoms with E-state index < -0.39 is 4.92 Å². The van der Waals surface area contributed by atoms with Gasteiger partial charge in [0, 0.05) is 30.9 Å². The first-order valence-electron chi connectivity index (χ1n) is 5.29. The number of nitrogen functional groups attached to an aromatic ring is 1. The molecule has 0 spiro atoms. The van der Waals surface area contributed by atoms with Gasteiger partial charge in [-0.05, 0) is 6.07 Å². The highest BCUT2D eigenvalue weighted by molar-refractivity contribution is 5.57. The van der Waals surface area contributed by atoms with Gasteiger partial charge < -0.3 is 16.0 Å². The van der Waals surface area contributed by atoms with Crippen molar-refractivity contribution in [3.05, 3.63) is 40.5 Å². The number of H-pyrrole nitrogens is 1. The average molecular weight is 248 g/mol. The van der Waals surface area contributed by atoms with E-state index in [9.17, 15) is 10.1 Å². The molecule has 0 fully saturated rings. The van der Waals surface area contributed by atoms with E-state index in [4.69, 9.17) is 5.73 Å². The lowest BCUT2D eigenvalue weighted by molar-refractivity contribution is -0.384. The second kappa shape index (κ2) is 5.13. The van der Waals surface area contributed by atoms with Crippen molar-refractivity contribution in [1.29, 1.82) is 0 Å². The molecule has 0 bridgehead atoms. The summed E-state index contributed by atoms with van der Waals surface area (Å²) >= 11 is 0. The molecule has 2 rings (SSSR count). The highest BCUT2D eigenvalue weighted by atomic mass is 16.6. The summed E-state index contributed by atoms with van der Waals surface area (Å²) in [5.74, 6) is 0.421. The van der Waals surface area contributed by atoms with Crippen LogP contribution in [0.15, 0.2) is 24.7 Å². The molecule has 0 radical (unpaired) electrons. The first-order valence-corrected chi connectivity index (χ1v) is 5.29. The predicted octanol–water partition coefficient (Wildman–Crippen LogP) is 0.950. The lowest BCUT2D eigenvalue weighted by Crippen LogP contribution is -2.08. The Morgan fingerprint density at radius 2 is 2.33 bits per heavy atom. The lowest BCUT2D eigenvalue weighted by Gasteiger charge is -2.05. The van der Waals surface area contributed by atoms with Crippen LogP contribution in [0.25, 0.3) is 0 Å². The minimum atomic E-state index is -0.559. The SMILES string of the molecule is Nc1nc(NCCc2cnc[nH]2)ccc1[N+](=O)[O-]. The van der Waals surface area contributed by atoms with Crippen LogP contribution in [-0.4, -0.2) is 26.4 Å². The molecule has 0 aromatic carbocycles. The van der Waals surface area contributed by atoms with Crippen LogP contribution < -0.4 is 11.1 Å². The number of aromatic nitrogens is 3. The third-order valence-electron chi connectivity index (χ3n) is 2.35. The normalized spacial score (nSPS) is 10.2. The Balaban J connectivity index is 1.94. The zero-order valence-electron chi connectivity index (χ0n) is 9.46. The Morgan fingerprint density at radius 3 is 2.94 bits per heavy atom. The molecule has 4 N–H and O–H groups in total. The van der Waals surface area contributed by atoms with Crippen LogP contribution in [0.2, 0.25) is 0 Å². The van der Waals surface area contributed by atoms with E-state index in [1.54, 1.807) is 12.5 Å². The predicted molar refractivity (Wildman–Crippen MR) is 66.1 cm³/mol. The molecule has 2 aromatic heterocycles. The highest BCUT2D eigenvalue weighted by Gasteiger charge is 2.12. The Bertz CT molecular complexity index is 539. The van der Waals surface area contributed by atoms with Crippen molar-refractivity contribution in [3.63, 3.8) is 0 Å². The largest absolute Gasteiger partial charge is 0.378 e. The number of hydrogen-bond acceptors (Lipinski definition) is 6. The summed E-state index contributed by atoms with van der Waals surface area (Å²) in [6.07, 6.45) is 4.09. The minimum absolute atomic E-state index is 0.0912. The molecular formula is C10H12N6O2. The van der Waals surface area contributed by atoms with Crippen LogP contribution in [0.3, 0.4) is 0 Å². The van der Waals surface area contributed by atoms with Gasteiger partial charge >= 0.3 is 5.69 Å². The Kier molecular flexibility index (Phi) is 3.37. The standard InChI is InChI=1S/C10H12N6O2/c11-10-8(16(17)18)1-2-9(15-10)13-4-3-7-5-12-6-14-7/h1-2,5-6H,3-4H2,(H,12,14)(H3,11,13,15). The van der Waals surface area contributed by atoms with Gasteiger partial charge in [0.2, 0.25) is 5.82 Å². The molecule has 0 saturated heterocycles. The fourth-order valence-electron chi connectivity index (χ4n) is 1.47. The Morgan fingerprint density at radius 1 is 1.50 bits per heavy atom. The smallest absolute Gasteiger partial charge is 0.311 e. The molecule has 0 aliphatic rings. The molecule has 0 saturated carbocycles. The van der Waals surface area contributed by atoms with Gasteiger partial charge in [0.15, 0.2) is 0 Å². The van der Waals surface area contributed by atoms with Gasteiger partial charge in [-0.25, -0.2) is 9.97 Å². The third kappa shape index (κ3) is 2.73. The molecule has 0 aliphatic carbocycles. The second-order valence-electron chi connectivity index (χ2n) is 3.61. The van der Waals surface area contributed by atoms with E-state index in [-0.39, 0.29) is 11.5 Å². The van der Waals surface area contributed by atoms with Crippen LogP contribution in [-0.2, 0) is 6.42 Å². The van der Waals surface area contributed by atoms with Crippen LogP contribution in [0.4, 0.5) is 17.3 Å². The molecule has 94 valence electrons. The van der Waals surface area contributed by atoms with Crippen molar-refractivity contribution in [3.8, 4) is 0 Å². The van der Waals surface area contributed by atoms with Crippen molar-refractivity contribution in [1.82, 2.24) is 15.0 Å². The number of imidazole rings is 1. The summed E-state index contributed by atoms with van der Waals surface area (Å²) < 4.78 is 0. The number of anilines is 2. The minimum Gasteiger partial charge on any atom is -0.378 e. The molecule has 8 heteroatoms. The zero-order valence-corrected chi connectivity index (χ0v) is 9.46. The molecule has 0 amide bonds. The maximum absolute atomic E-state index is 10.6. The number of nitrogens with two attached hydrogens (primary N) is 1. The first-order chi connectivity index (χ1) is 8.66. The van der Waals surface area contributed by atoms with E-state index in [1.807, 2.05) is 0 Å². The van der Waals surface area contributed by atoms with Crippen molar-refractivity contribution in [2.24, 2.45) is 0 Å². The van der Waals surface area contributed by atoms with E-state index in [2.05, 4.69) is 20.3 Å². The average Bonchev–Trinajstić information content (AvgIpc) is 2.81. The van der Waals surface area contributed by atoms with Crippen molar-refractivity contribution < 1.29 is 4.92 Å². The number of nitrogens with zero attached hydrogens (tertiary/aromatic N) is 3. The maximum Gasteiger partial charge on any atom is 0.311 e. The summed E-state index contributed by atoms with van der Waals surface area (Å²) in [6.45, 7) is 0.631. The summed E-state index contributed by atoms with van der Waals surface area (Å²) in [4.78, 5) is 20.8. The number of aromatic amines is 1. The zero-order chi connectivity index (χ0) is 13.0. The van der Waals surface area contributed by atoms with Gasteiger partial charge in [0.05, 0.1) is 11.3 Å². The maximum atomic E-state index is 10.6. The number of pyridine rings is 1. The number of nitrogens with one attached hydrogen (secondary N) is 2. The molecular weight excluding hydrogens is 236 g/mol. The number of nitro groups is 1. The van der Waals surface area contributed by atoms with Crippen molar-refractivity contribution in [2.75, 3.05) is 17.6 Å². The molecule has 18 heavy (non-hydrogen) atoms.